The number of benzene rings is 2. The van der Waals surface area contributed by atoms with E-state index in [0.29, 0.717) is 13.2 Å². The van der Waals surface area contributed by atoms with Gasteiger partial charge < -0.3 is 24.3 Å². The zero-order valence-electron chi connectivity index (χ0n) is 17.5. The van der Waals surface area contributed by atoms with Crippen LogP contribution in [0.4, 0.5) is 4.79 Å². The summed E-state index contributed by atoms with van der Waals surface area (Å²) in [5, 5.41) is 3.17. The van der Waals surface area contributed by atoms with E-state index in [1.807, 2.05) is 65.1 Å². The Bertz CT molecular complexity index is 1050. The van der Waals surface area contributed by atoms with Gasteiger partial charge in [0.15, 0.2) is 11.5 Å². The highest BCUT2D eigenvalue weighted by atomic mass is 16.6. The molecule has 3 aromatic rings. The second-order valence-corrected chi connectivity index (χ2v) is 7.99. The molecule has 2 atom stereocenters. The van der Waals surface area contributed by atoms with Crippen molar-refractivity contribution in [3.63, 3.8) is 0 Å². The predicted molar refractivity (Wildman–Crippen MR) is 117 cm³/mol. The summed E-state index contributed by atoms with van der Waals surface area (Å²) < 4.78 is 13.3. The predicted octanol–water partition coefficient (Wildman–Crippen LogP) is 4.25. The minimum atomic E-state index is -0.0918. The van der Waals surface area contributed by atoms with E-state index in [-0.39, 0.29) is 18.1 Å². The summed E-state index contributed by atoms with van der Waals surface area (Å²) in [6.45, 7) is 3.89. The highest BCUT2D eigenvalue weighted by Crippen LogP contribution is 2.38. The summed E-state index contributed by atoms with van der Waals surface area (Å²) in [6, 6.07) is 14.1. The van der Waals surface area contributed by atoms with Gasteiger partial charge in [-0.25, -0.2) is 9.78 Å². The van der Waals surface area contributed by atoms with Gasteiger partial charge in [0.1, 0.15) is 13.2 Å². The van der Waals surface area contributed by atoms with Crippen LogP contribution in [0, 0.1) is 0 Å². The molecule has 1 N–H and O–H groups in total. The maximum Gasteiger partial charge on any atom is 0.318 e. The van der Waals surface area contributed by atoms with Gasteiger partial charge in [-0.05, 0) is 55.2 Å². The van der Waals surface area contributed by atoms with Gasteiger partial charge >= 0.3 is 6.03 Å². The first kappa shape index (κ1) is 19.5. The Morgan fingerprint density at radius 2 is 1.94 bits per heavy atom. The lowest BCUT2D eigenvalue weighted by atomic mass is 10.0. The number of urea groups is 1. The van der Waals surface area contributed by atoms with Crippen LogP contribution in [0.3, 0.4) is 0 Å². The van der Waals surface area contributed by atoms with Gasteiger partial charge in [-0.15, -0.1) is 0 Å². The maximum absolute atomic E-state index is 13.1. The number of rotatable bonds is 4. The molecule has 0 aliphatic carbocycles. The van der Waals surface area contributed by atoms with Crippen LogP contribution in [0.15, 0.2) is 61.2 Å². The Morgan fingerprint density at radius 1 is 1.13 bits per heavy atom. The quantitative estimate of drug-likeness (QED) is 0.688. The molecule has 1 saturated heterocycles. The highest BCUT2D eigenvalue weighted by molar-refractivity contribution is 5.75. The molecule has 31 heavy (non-hydrogen) atoms. The Balaban J connectivity index is 1.27. The fraction of sp³-hybridized carbons (Fsp3) is 0.333. The van der Waals surface area contributed by atoms with Crippen LogP contribution in [0.5, 0.6) is 11.5 Å². The first-order valence-electron chi connectivity index (χ1n) is 10.7. The van der Waals surface area contributed by atoms with E-state index in [2.05, 4.69) is 10.3 Å². The molecule has 0 spiro atoms. The van der Waals surface area contributed by atoms with E-state index in [1.54, 1.807) is 12.5 Å². The number of carbonyl (C=O) groups is 1. The van der Waals surface area contributed by atoms with Crippen LogP contribution < -0.4 is 14.8 Å². The molecule has 0 saturated carbocycles. The third-order valence-electron chi connectivity index (χ3n) is 6.00. The van der Waals surface area contributed by atoms with Gasteiger partial charge in [-0.1, -0.05) is 18.2 Å². The van der Waals surface area contributed by atoms with Crippen molar-refractivity contribution in [1.82, 2.24) is 19.8 Å². The van der Waals surface area contributed by atoms with Crippen LogP contribution >= 0.6 is 0 Å². The molecule has 0 radical (unpaired) electrons. The normalized spacial score (nSPS) is 18.6. The number of nitrogens with zero attached hydrogens (tertiary/aromatic N) is 3. The minimum Gasteiger partial charge on any atom is -0.486 e. The molecular weight excluding hydrogens is 392 g/mol. The Kier molecular flexibility index (Phi) is 5.24. The van der Waals surface area contributed by atoms with E-state index in [0.717, 1.165) is 47.7 Å². The summed E-state index contributed by atoms with van der Waals surface area (Å²) in [7, 11) is 0. The molecular formula is C24H26N4O3. The number of aromatic nitrogens is 2. The van der Waals surface area contributed by atoms with Gasteiger partial charge in [0.2, 0.25) is 0 Å². The van der Waals surface area contributed by atoms with E-state index >= 15 is 0 Å². The number of carbonyl (C=O) groups excluding carboxylic acids is 1. The number of ether oxygens (including phenoxy) is 2. The number of imidazole rings is 1. The monoisotopic (exact) mass is 418 g/mol. The second kappa shape index (κ2) is 8.34. The van der Waals surface area contributed by atoms with E-state index < -0.39 is 0 Å². The largest absolute Gasteiger partial charge is 0.486 e. The standard InChI is InChI=1S/C24H26N4O3/c1-17(18-4-7-20(8-5-18)27-12-10-25-16-27)26-24(29)28-11-2-3-21(28)19-6-9-22-23(15-19)31-14-13-30-22/h4-10,12,15-17,21H,2-3,11,13-14H2,1H3,(H,26,29). The summed E-state index contributed by atoms with van der Waals surface area (Å²) in [4.78, 5) is 19.1. The zero-order chi connectivity index (χ0) is 21.2. The molecule has 0 bridgehead atoms. The number of nitrogens with one attached hydrogen (secondary N) is 1. The van der Waals surface area contributed by atoms with E-state index in [1.165, 1.54) is 0 Å². The lowest BCUT2D eigenvalue weighted by molar-refractivity contribution is 0.170. The first-order valence-corrected chi connectivity index (χ1v) is 10.7. The third kappa shape index (κ3) is 3.95. The highest BCUT2D eigenvalue weighted by Gasteiger charge is 2.31. The van der Waals surface area contributed by atoms with E-state index in [4.69, 9.17) is 9.47 Å². The summed E-state index contributed by atoms with van der Waals surface area (Å²) in [5.74, 6) is 1.54. The molecule has 1 fully saturated rings. The number of likely N-dealkylation sites (tertiary alicyclic amines) is 1. The molecule has 2 aliphatic heterocycles. The van der Waals surface area contributed by atoms with Crippen molar-refractivity contribution >= 4 is 6.03 Å². The topological polar surface area (TPSA) is 68.6 Å². The van der Waals surface area contributed by atoms with Crippen molar-refractivity contribution in [2.75, 3.05) is 19.8 Å². The summed E-state index contributed by atoms with van der Waals surface area (Å²) in [6.07, 6.45) is 7.36. The Hall–Kier alpha value is -3.48. The fourth-order valence-corrected chi connectivity index (χ4v) is 4.32. The number of hydrogen-bond acceptors (Lipinski definition) is 4. The maximum atomic E-state index is 13.1. The van der Waals surface area contributed by atoms with Crippen molar-refractivity contribution in [1.29, 1.82) is 0 Å². The van der Waals surface area contributed by atoms with Crippen LogP contribution in [0.25, 0.3) is 5.69 Å². The van der Waals surface area contributed by atoms with Crippen LogP contribution in [0.2, 0.25) is 0 Å². The van der Waals surface area contributed by atoms with Crippen LogP contribution in [0.1, 0.15) is 43.0 Å². The van der Waals surface area contributed by atoms with E-state index in [9.17, 15) is 4.79 Å². The fourth-order valence-electron chi connectivity index (χ4n) is 4.32. The zero-order valence-corrected chi connectivity index (χ0v) is 17.5. The van der Waals surface area contributed by atoms with Crippen LogP contribution in [-0.2, 0) is 0 Å². The molecule has 3 heterocycles. The molecule has 7 nitrogen and oxygen atoms in total. The molecule has 160 valence electrons. The number of hydrogen-bond donors (Lipinski definition) is 1. The first-order chi connectivity index (χ1) is 15.2. The molecule has 7 heteroatoms. The SMILES string of the molecule is CC(NC(=O)N1CCCC1c1ccc2c(c1)OCCO2)c1ccc(-n2ccnc2)cc1. The lowest BCUT2D eigenvalue weighted by Gasteiger charge is -2.28. The lowest BCUT2D eigenvalue weighted by Crippen LogP contribution is -2.40. The molecule has 2 amide bonds. The van der Waals surface area contributed by atoms with Crippen molar-refractivity contribution in [3.8, 4) is 17.2 Å². The smallest absolute Gasteiger partial charge is 0.318 e. The van der Waals surface area contributed by atoms with Crippen LogP contribution in [-0.4, -0.2) is 40.2 Å². The molecule has 1 aromatic heterocycles. The minimum absolute atomic E-state index is 0.0384. The van der Waals surface area contributed by atoms with Gasteiger partial charge in [0.25, 0.3) is 0 Å². The number of fused-ring (bicyclic) bond motifs is 1. The van der Waals surface area contributed by atoms with Crippen molar-refractivity contribution in [3.05, 3.63) is 72.3 Å². The van der Waals surface area contributed by atoms with Crippen molar-refractivity contribution in [2.24, 2.45) is 0 Å². The Morgan fingerprint density at radius 3 is 2.71 bits per heavy atom. The second-order valence-electron chi connectivity index (χ2n) is 7.99. The summed E-state index contributed by atoms with van der Waals surface area (Å²) in [5.41, 5.74) is 3.19. The average Bonchev–Trinajstić information content (AvgIpc) is 3.51. The molecule has 2 aliphatic rings. The Labute approximate surface area is 181 Å². The molecule has 5 rings (SSSR count). The molecule has 2 unspecified atom stereocenters. The summed E-state index contributed by atoms with van der Waals surface area (Å²) >= 11 is 0. The average molecular weight is 418 g/mol. The van der Waals surface area contributed by atoms with Crippen molar-refractivity contribution < 1.29 is 14.3 Å². The van der Waals surface area contributed by atoms with Gasteiger partial charge in [-0.3, -0.25) is 0 Å². The third-order valence-corrected chi connectivity index (χ3v) is 6.00. The number of amides is 2. The van der Waals surface area contributed by atoms with Crippen molar-refractivity contribution in [2.45, 2.75) is 31.8 Å². The molecule has 2 aromatic carbocycles. The van der Waals surface area contributed by atoms with Gasteiger partial charge in [-0.2, -0.15) is 0 Å². The van der Waals surface area contributed by atoms with Gasteiger partial charge in [0.05, 0.1) is 18.4 Å². The van der Waals surface area contributed by atoms with Gasteiger partial charge in [0, 0.05) is 24.6 Å².